The number of hydrogen-bond acceptors (Lipinski definition) is 7. The number of pyridine rings is 1. The van der Waals surface area contributed by atoms with Crippen LogP contribution >= 0.6 is 0 Å². The molecule has 0 fully saturated rings. The lowest BCUT2D eigenvalue weighted by Gasteiger charge is -2.09. The summed E-state index contributed by atoms with van der Waals surface area (Å²) in [6, 6.07) is 21.0. The Morgan fingerprint density at radius 1 is 1.00 bits per heavy atom. The van der Waals surface area contributed by atoms with Gasteiger partial charge in [-0.05, 0) is 42.5 Å². The zero-order valence-corrected chi connectivity index (χ0v) is 18.6. The minimum absolute atomic E-state index is 0.0918. The van der Waals surface area contributed by atoms with Gasteiger partial charge in [0.15, 0.2) is 0 Å². The number of hydroxylamine groups is 1. The van der Waals surface area contributed by atoms with Gasteiger partial charge in [0.05, 0.1) is 6.54 Å². The average Bonchev–Trinajstić information content (AvgIpc) is 3.34. The second-order valence-corrected chi connectivity index (χ2v) is 7.38. The minimum Gasteiger partial charge on any atom is -0.492 e. The Balaban J connectivity index is 1.37. The number of rotatable bonds is 10. The number of furan rings is 1. The maximum absolute atomic E-state index is 12.6. The molecule has 0 bridgehead atoms. The van der Waals surface area contributed by atoms with Crippen molar-refractivity contribution in [3.8, 4) is 11.6 Å². The molecule has 35 heavy (non-hydrogen) atoms. The molecule has 0 spiro atoms. The highest BCUT2D eigenvalue weighted by atomic mass is 16.5. The third-order valence-electron chi connectivity index (χ3n) is 4.95. The molecule has 0 saturated heterocycles. The number of fused-ring (bicyclic) bond motifs is 1. The van der Waals surface area contributed by atoms with Crippen molar-refractivity contribution >= 4 is 28.4 Å². The fraction of sp³-hybridized carbons (Fsp3) is 0.115. The van der Waals surface area contributed by atoms with E-state index in [0.29, 0.717) is 34.1 Å². The maximum atomic E-state index is 12.6. The fourth-order valence-corrected chi connectivity index (χ4v) is 3.23. The molecule has 3 N–H and O–H groups in total. The lowest BCUT2D eigenvalue weighted by atomic mass is 10.1. The monoisotopic (exact) mass is 473 g/mol. The van der Waals surface area contributed by atoms with Crippen LogP contribution in [0.1, 0.15) is 16.1 Å². The molecule has 0 saturated carbocycles. The third kappa shape index (κ3) is 6.46. The molecule has 0 unspecified atom stereocenters. The number of nitrogens with zero attached hydrogens (tertiary/aromatic N) is 1. The smallest absolute Gasteiger partial charge is 0.274 e. The van der Waals surface area contributed by atoms with E-state index in [1.165, 1.54) is 18.2 Å². The predicted octanol–water partition coefficient (Wildman–Crippen LogP) is 3.60. The topological polar surface area (TPSA) is 123 Å². The van der Waals surface area contributed by atoms with E-state index in [-0.39, 0.29) is 25.7 Å². The lowest BCUT2D eigenvalue weighted by Crippen LogP contribution is -2.27. The van der Waals surface area contributed by atoms with E-state index in [0.717, 1.165) is 5.39 Å². The minimum atomic E-state index is -0.608. The van der Waals surface area contributed by atoms with Crippen molar-refractivity contribution in [1.82, 2.24) is 15.8 Å². The average molecular weight is 473 g/mol. The van der Waals surface area contributed by atoms with E-state index < -0.39 is 5.91 Å². The van der Waals surface area contributed by atoms with E-state index in [4.69, 9.17) is 19.1 Å². The van der Waals surface area contributed by atoms with Gasteiger partial charge in [-0.3, -0.25) is 14.8 Å². The Labute approximate surface area is 201 Å². The Hall–Kier alpha value is -4.63. The fourth-order valence-electron chi connectivity index (χ4n) is 3.23. The van der Waals surface area contributed by atoms with Crippen LogP contribution in [0.3, 0.4) is 0 Å². The number of nitrogens with one attached hydrogen (secondary N) is 2. The Kier molecular flexibility index (Phi) is 7.72. The molecular formula is C26H23N3O6. The molecule has 9 heteroatoms. The second kappa shape index (κ2) is 11.5. The summed E-state index contributed by atoms with van der Waals surface area (Å²) in [5.74, 6) is 0.550. The predicted molar refractivity (Wildman–Crippen MR) is 128 cm³/mol. The molecule has 0 radical (unpaired) electrons. The van der Waals surface area contributed by atoms with Gasteiger partial charge in [-0.1, -0.05) is 24.3 Å². The maximum Gasteiger partial charge on any atom is 0.274 e. The quantitative estimate of drug-likeness (QED) is 0.139. The summed E-state index contributed by atoms with van der Waals surface area (Å²) < 4.78 is 17.2. The van der Waals surface area contributed by atoms with Crippen molar-refractivity contribution in [2.45, 2.75) is 0 Å². The molecule has 2 heterocycles. The van der Waals surface area contributed by atoms with Crippen LogP contribution in [-0.4, -0.2) is 41.8 Å². The SMILES string of the molecule is O=C(C=C(COc1ccccn1)c1cc2ccccc2o1)NCCOc1ccc(C(=O)NO)cc1. The molecule has 0 aliphatic carbocycles. The third-order valence-corrected chi connectivity index (χ3v) is 4.95. The van der Waals surface area contributed by atoms with Crippen molar-refractivity contribution in [1.29, 1.82) is 0 Å². The van der Waals surface area contributed by atoms with Gasteiger partial charge in [0.1, 0.15) is 30.3 Å². The number of amides is 2. The van der Waals surface area contributed by atoms with E-state index in [9.17, 15) is 9.59 Å². The van der Waals surface area contributed by atoms with Gasteiger partial charge in [0.25, 0.3) is 5.91 Å². The van der Waals surface area contributed by atoms with Crippen LogP contribution in [0, 0.1) is 0 Å². The van der Waals surface area contributed by atoms with Gasteiger partial charge >= 0.3 is 0 Å². The van der Waals surface area contributed by atoms with Crippen molar-refractivity contribution in [3.63, 3.8) is 0 Å². The summed E-state index contributed by atoms with van der Waals surface area (Å²) in [6.45, 7) is 0.562. The van der Waals surface area contributed by atoms with Crippen LogP contribution < -0.4 is 20.3 Å². The Morgan fingerprint density at radius 2 is 1.80 bits per heavy atom. The summed E-state index contributed by atoms with van der Waals surface area (Å²) in [7, 11) is 0. The zero-order valence-electron chi connectivity index (χ0n) is 18.6. The van der Waals surface area contributed by atoms with Crippen LogP contribution in [0.5, 0.6) is 11.6 Å². The molecule has 2 aromatic heterocycles. The van der Waals surface area contributed by atoms with Gasteiger partial charge in [-0.25, -0.2) is 10.5 Å². The van der Waals surface area contributed by atoms with Crippen molar-refractivity contribution in [3.05, 3.63) is 96.4 Å². The van der Waals surface area contributed by atoms with Gasteiger partial charge < -0.3 is 19.2 Å². The van der Waals surface area contributed by atoms with Crippen LogP contribution in [-0.2, 0) is 4.79 Å². The number of para-hydroxylation sites is 1. The first-order valence-electron chi connectivity index (χ1n) is 10.8. The first-order chi connectivity index (χ1) is 17.1. The van der Waals surface area contributed by atoms with Crippen LogP contribution in [0.2, 0.25) is 0 Å². The highest BCUT2D eigenvalue weighted by molar-refractivity contribution is 5.96. The molecular weight excluding hydrogens is 450 g/mol. The number of carbonyl (C=O) groups excluding carboxylic acids is 2. The van der Waals surface area contributed by atoms with Crippen LogP contribution in [0.15, 0.2) is 89.5 Å². The standard InChI is InChI=1S/C26H23N3O6/c30-24(27-13-14-33-21-10-8-18(9-11-21)26(31)29-32)16-20(17-34-25-7-3-4-12-28-25)23-15-19-5-1-2-6-22(19)35-23/h1-12,15-16,32H,13-14,17H2,(H,27,30)(H,29,31). The van der Waals surface area contributed by atoms with Gasteiger partial charge in [0.2, 0.25) is 11.8 Å². The largest absolute Gasteiger partial charge is 0.492 e. The van der Waals surface area contributed by atoms with Gasteiger partial charge in [-0.15, -0.1) is 0 Å². The summed E-state index contributed by atoms with van der Waals surface area (Å²) in [5, 5.41) is 12.3. The van der Waals surface area contributed by atoms with Gasteiger partial charge in [-0.2, -0.15) is 0 Å². The van der Waals surface area contributed by atoms with Gasteiger partial charge in [0, 0.05) is 34.9 Å². The van der Waals surface area contributed by atoms with Crippen molar-refractivity contribution < 1.29 is 28.7 Å². The molecule has 0 aliphatic rings. The molecule has 0 atom stereocenters. The highest BCUT2D eigenvalue weighted by Gasteiger charge is 2.12. The summed E-state index contributed by atoms with van der Waals surface area (Å²) >= 11 is 0. The molecule has 4 aromatic rings. The van der Waals surface area contributed by atoms with E-state index in [2.05, 4.69) is 10.3 Å². The number of benzene rings is 2. The first kappa shape index (κ1) is 23.5. The number of aromatic nitrogens is 1. The van der Waals surface area contributed by atoms with Crippen LogP contribution in [0.4, 0.5) is 0 Å². The van der Waals surface area contributed by atoms with Crippen molar-refractivity contribution in [2.24, 2.45) is 0 Å². The molecule has 4 rings (SSSR count). The Morgan fingerprint density at radius 3 is 2.54 bits per heavy atom. The highest BCUT2D eigenvalue weighted by Crippen LogP contribution is 2.25. The lowest BCUT2D eigenvalue weighted by molar-refractivity contribution is -0.116. The molecule has 9 nitrogen and oxygen atoms in total. The summed E-state index contributed by atoms with van der Waals surface area (Å²) in [4.78, 5) is 28.1. The second-order valence-electron chi connectivity index (χ2n) is 7.38. The molecule has 0 aliphatic heterocycles. The first-order valence-corrected chi connectivity index (χ1v) is 10.8. The Bertz CT molecular complexity index is 1280. The molecule has 178 valence electrons. The number of ether oxygens (including phenoxy) is 2. The van der Waals surface area contributed by atoms with Crippen LogP contribution in [0.25, 0.3) is 16.5 Å². The summed E-state index contributed by atoms with van der Waals surface area (Å²) in [5.41, 5.74) is 3.13. The van der Waals surface area contributed by atoms with E-state index in [1.54, 1.807) is 35.9 Å². The molecule has 2 aromatic carbocycles. The zero-order chi connectivity index (χ0) is 24.5. The number of hydrogen-bond donors (Lipinski definition) is 3. The van der Waals surface area contributed by atoms with Crippen molar-refractivity contribution in [2.75, 3.05) is 19.8 Å². The number of carbonyl (C=O) groups is 2. The summed E-state index contributed by atoms with van der Waals surface area (Å²) in [6.07, 6.45) is 3.06. The molecule has 2 amide bonds. The van der Waals surface area contributed by atoms with E-state index in [1.807, 2.05) is 36.4 Å². The normalized spacial score (nSPS) is 11.2. The van der Waals surface area contributed by atoms with E-state index >= 15 is 0 Å².